The van der Waals surface area contributed by atoms with Gasteiger partial charge < -0.3 is 0 Å². The summed E-state index contributed by atoms with van der Waals surface area (Å²) in [5.74, 6) is 0. The van der Waals surface area contributed by atoms with Gasteiger partial charge in [0.1, 0.15) is 0 Å². The van der Waals surface area contributed by atoms with Crippen molar-refractivity contribution in [3.05, 3.63) is 0 Å². The van der Waals surface area contributed by atoms with Gasteiger partial charge in [-0.2, -0.15) is 10.2 Å². The van der Waals surface area contributed by atoms with Crippen LogP contribution >= 0.6 is 0 Å². The van der Waals surface area contributed by atoms with Crippen LogP contribution in [0.3, 0.4) is 0 Å². The fourth-order valence-corrected chi connectivity index (χ4v) is 0.924. The lowest BCUT2D eigenvalue weighted by Crippen LogP contribution is -2.14. The molecule has 2 nitrogen and oxygen atoms in total. The second-order valence-electron chi connectivity index (χ2n) is 4.44. The second-order valence-corrected chi connectivity index (χ2v) is 6.88. The van der Waals surface area contributed by atoms with Crippen LogP contribution in [0, 0.1) is 0 Å². The summed E-state index contributed by atoms with van der Waals surface area (Å²) in [7, 11) is 1.08. The first-order valence-corrected chi connectivity index (χ1v) is 6.86. The zero-order chi connectivity index (χ0) is 11.4. The van der Waals surface area contributed by atoms with Gasteiger partial charge in [-0.1, -0.05) is 39.5 Å². The molecule has 0 aliphatic carbocycles. The molecule has 0 aliphatic heterocycles. The van der Waals surface area contributed by atoms with E-state index in [-0.39, 0.29) is 5.16 Å². The van der Waals surface area contributed by atoms with Gasteiger partial charge in [-0.3, -0.25) is 0 Å². The summed E-state index contributed by atoms with van der Waals surface area (Å²) in [6.07, 6.45) is 5.54. The predicted octanol–water partition coefficient (Wildman–Crippen LogP) is 3.15. The molecule has 0 N–H and O–H groups in total. The summed E-state index contributed by atoms with van der Waals surface area (Å²) < 4.78 is 0. The van der Waals surface area contributed by atoms with Crippen LogP contribution in [0.4, 0.5) is 0 Å². The molecule has 0 aromatic rings. The Morgan fingerprint density at radius 1 is 1.00 bits per heavy atom. The van der Waals surface area contributed by atoms with Crippen LogP contribution in [0.15, 0.2) is 10.2 Å². The van der Waals surface area contributed by atoms with Crippen molar-refractivity contribution in [1.82, 2.24) is 0 Å². The lowest BCUT2D eigenvalue weighted by Gasteiger charge is -2.07. The maximum Gasteiger partial charge on any atom is 0.0570 e. The van der Waals surface area contributed by atoms with Crippen molar-refractivity contribution >= 4 is 10.2 Å². The molecule has 86 valence electrons. The minimum atomic E-state index is 0.149. The van der Waals surface area contributed by atoms with Gasteiger partial charge in [0.05, 0.1) is 11.7 Å². The largest absolute Gasteiger partial charge is 0.194 e. The second kappa shape index (κ2) is 10.9. The number of nitrogens with zero attached hydrogens (tertiary/aromatic N) is 2. The van der Waals surface area contributed by atoms with Gasteiger partial charge in [0.15, 0.2) is 0 Å². The molecule has 0 saturated heterocycles. The molecule has 0 aromatic heterocycles. The van der Waals surface area contributed by atoms with Crippen LogP contribution in [0.5, 0.6) is 0 Å². The molecular weight excluding hydrogens is 188 g/mol. The van der Waals surface area contributed by atoms with E-state index in [0.717, 1.165) is 16.8 Å². The summed E-state index contributed by atoms with van der Waals surface area (Å²) >= 11 is 0. The highest BCUT2D eigenvalue weighted by Gasteiger charge is 2.04. The molecule has 0 aromatic carbocycles. The number of rotatable bonds is 5. The first-order chi connectivity index (χ1) is 6.47. The maximum absolute atomic E-state index is 4.06. The van der Waals surface area contributed by atoms with E-state index in [1.165, 1.54) is 25.7 Å². The van der Waals surface area contributed by atoms with E-state index in [9.17, 15) is 0 Å². The highest BCUT2D eigenvalue weighted by atomic mass is 28.1. The van der Waals surface area contributed by atoms with Crippen molar-refractivity contribution < 1.29 is 0 Å². The molecule has 0 unspecified atom stereocenters. The van der Waals surface area contributed by atoms with Crippen LogP contribution in [-0.4, -0.2) is 21.9 Å². The van der Waals surface area contributed by atoms with Crippen LogP contribution in [0.2, 0.25) is 0 Å². The van der Waals surface area contributed by atoms with E-state index in [2.05, 4.69) is 37.9 Å². The number of azo groups is 1. The van der Waals surface area contributed by atoms with Gasteiger partial charge in [-0.25, -0.2) is 0 Å². The van der Waals surface area contributed by atoms with Crippen LogP contribution in [-0.2, 0) is 0 Å². The Bertz CT molecular complexity index is 124. The molecule has 14 heavy (non-hydrogen) atoms. The highest BCUT2D eigenvalue weighted by molar-refractivity contribution is 6.14. The third-order valence-electron chi connectivity index (χ3n) is 1.47. The van der Waals surface area contributed by atoms with E-state index in [1.54, 1.807) is 0 Å². The number of unbranched alkanes of at least 4 members (excludes halogenated alkanes) is 3. The Balaban J connectivity index is 0. The molecule has 0 saturated carbocycles. The molecule has 0 spiro atoms. The molecule has 3 heteroatoms. The fraction of sp³-hybridized carbons (Fsp3) is 1.00. The normalized spacial score (nSPS) is 11.5. The van der Waals surface area contributed by atoms with Crippen LogP contribution in [0.25, 0.3) is 0 Å². The topological polar surface area (TPSA) is 24.7 Å². The van der Waals surface area contributed by atoms with E-state index < -0.39 is 0 Å². The monoisotopic (exact) mass is 216 g/mol. The van der Waals surface area contributed by atoms with Crippen LogP contribution in [0.1, 0.15) is 60.3 Å². The first kappa shape index (κ1) is 16.3. The lowest BCUT2D eigenvalue weighted by atomic mass is 10.2. The molecular formula is C11H28N2Si. The fourth-order valence-electron chi connectivity index (χ4n) is 0.783. The van der Waals surface area contributed by atoms with Gasteiger partial charge in [-0.05, 0) is 20.8 Å². The highest BCUT2D eigenvalue weighted by Crippen LogP contribution is 2.01. The van der Waals surface area contributed by atoms with E-state index >= 15 is 0 Å². The Morgan fingerprint density at radius 2 is 1.43 bits per heavy atom. The SMILES string of the molecule is CCCCCC.CCN=NC(C)(C)[SiH3]. The minimum absolute atomic E-state index is 0.149. The van der Waals surface area contributed by atoms with Crippen molar-refractivity contribution in [2.24, 2.45) is 10.2 Å². The van der Waals surface area contributed by atoms with Gasteiger partial charge >= 0.3 is 0 Å². The summed E-state index contributed by atoms with van der Waals surface area (Å²) in [5, 5.41) is 8.11. The van der Waals surface area contributed by atoms with Crippen molar-refractivity contribution in [1.29, 1.82) is 0 Å². The predicted molar refractivity (Wildman–Crippen MR) is 69.2 cm³/mol. The summed E-state index contributed by atoms with van der Waals surface area (Å²) in [6.45, 7) is 11.5. The molecule has 0 radical (unpaired) electrons. The number of hydrogen-bond donors (Lipinski definition) is 0. The molecule has 0 heterocycles. The van der Waals surface area contributed by atoms with Gasteiger partial charge in [0.25, 0.3) is 0 Å². The maximum atomic E-state index is 4.06. The summed E-state index contributed by atoms with van der Waals surface area (Å²) in [6, 6.07) is 0. The van der Waals surface area contributed by atoms with E-state index in [0.29, 0.717) is 0 Å². The molecule has 0 bridgehead atoms. The smallest absolute Gasteiger partial charge is 0.0570 e. The van der Waals surface area contributed by atoms with Gasteiger partial charge in [-0.15, -0.1) is 0 Å². The van der Waals surface area contributed by atoms with Crippen molar-refractivity contribution in [3.63, 3.8) is 0 Å². The lowest BCUT2D eigenvalue weighted by molar-refractivity contribution is 0.674. The summed E-state index contributed by atoms with van der Waals surface area (Å²) in [5.41, 5.74) is 0. The average Bonchev–Trinajstić information content (AvgIpc) is 2.11. The molecule has 0 aliphatic rings. The summed E-state index contributed by atoms with van der Waals surface area (Å²) in [4.78, 5) is 0. The number of hydrogen-bond acceptors (Lipinski definition) is 2. The quantitative estimate of drug-likeness (QED) is 0.383. The van der Waals surface area contributed by atoms with Gasteiger partial charge in [0, 0.05) is 10.2 Å². The zero-order valence-electron chi connectivity index (χ0n) is 10.9. The third-order valence-corrected chi connectivity index (χ3v) is 1.67. The Labute approximate surface area is 93.0 Å². The minimum Gasteiger partial charge on any atom is -0.194 e. The standard InChI is InChI=1S/C6H14.C5H14N2Si/c1-3-5-6-4-2;1-4-6-7-5(2,3)8/h3-6H2,1-2H3;4H2,1-3,8H3. The Hall–Kier alpha value is -0.183. The molecule has 0 fully saturated rings. The van der Waals surface area contributed by atoms with Crippen molar-refractivity contribution in [3.8, 4) is 0 Å². The molecule has 0 rings (SSSR count). The Kier molecular flexibility index (Phi) is 12.6. The van der Waals surface area contributed by atoms with Crippen molar-refractivity contribution in [2.45, 2.75) is 65.5 Å². The molecule has 0 atom stereocenters. The zero-order valence-corrected chi connectivity index (χ0v) is 12.9. The van der Waals surface area contributed by atoms with Crippen LogP contribution < -0.4 is 0 Å². The van der Waals surface area contributed by atoms with E-state index in [1.807, 2.05) is 6.92 Å². The van der Waals surface area contributed by atoms with Gasteiger partial charge in [0.2, 0.25) is 0 Å². The van der Waals surface area contributed by atoms with Crippen molar-refractivity contribution in [2.75, 3.05) is 6.54 Å². The third kappa shape index (κ3) is 22.6. The first-order valence-electron chi connectivity index (χ1n) is 5.86. The Morgan fingerprint density at radius 3 is 1.57 bits per heavy atom. The average molecular weight is 216 g/mol. The molecule has 0 amide bonds. The van der Waals surface area contributed by atoms with E-state index in [4.69, 9.17) is 0 Å².